The van der Waals surface area contributed by atoms with E-state index in [4.69, 9.17) is 0 Å². The van der Waals surface area contributed by atoms with E-state index < -0.39 is 6.04 Å². The Morgan fingerprint density at radius 3 is 2.45 bits per heavy atom. The Hall–Kier alpha value is -3.18. The van der Waals surface area contributed by atoms with E-state index in [1.165, 1.54) is 0 Å². The lowest BCUT2D eigenvalue weighted by Gasteiger charge is -2.34. The van der Waals surface area contributed by atoms with E-state index in [2.05, 4.69) is 33.4 Å². The Kier molecular flexibility index (Phi) is 5.67. The number of hydrogen-bond donors (Lipinski definition) is 1. The maximum Gasteiger partial charge on any atom is 0.224 e. The van der Waals surface area contributed by atoms with Crippen LogP contribution in [0.5, 0.6) is 0 Å². The van der Waals surface area contributed by atoms with E-state index in [1.807, 2.05) is 67.6 Å². The molecule has 2 aliphatic rings. The second-order valence-corrected chi connectivity index (χ2v) is 9.74. The first-order chi connectivity index (χ1) is 15.9. The number of amides is 1. The number of nitrogens with one attached hydrogen (secondary N) is 1. The van der Waals surface area contributed by atoms with Crippen molar-refractivity contribution in [3.63, 3.8) is 0 Å². The number of hydrogen-bond acceptors (Lipinski definition) is 3. The normalized spacial score (nSPS) is 20.0. The number of anilines is 2. The Morgan fingerprint density at radius 2 is 1.73 bits per heavy atom. The summed E-state index contributed by atoms with van der Waals surface area (Å²) in [6.07, 6.45) is 1.13. The van der Waals surface area contributed by atoms with Crippen LogP contribution < -0.4 is 10.2 Å². The number of aryl methyl sites for hydroxylation is 1. The molecule has 4 nitrogen and oxygen atoms in total. The number of nitrogens with zero attached hydrogens (tertiary/aromatic N) is 1. The quantitative estimate of drug-likeness (QED) is 0.426. The third kappa shape index (κ3) is 4.02. The summed E-state index contributed by atoms with van der Waals surface area (Å²) in [7, 11) is 0. The van der Waals surface area contributed by atoms with Crippen LogP contribution >= 0.6 is 15.9 Å². The maximum atomic E-state index is 13.8. The number of fused-ring (bicyclic) bond motifs is 1. The van der Waals surface area contributed by atoms with Crippen molar-refractivity contribution in [1.29, 1.82) is 0 Å². The third-order valence-electron chi connectivity index (χ3n) is 6.54. The summed E-state index contributed by atoms with van der Waals surface area (Å²) >= 11 is 3.56. The molecule has 0 bridgehead atoms. The average Bonchev–Trinajstić information content (AvgIpc) is 2.94. The summed E-state index contributed by atoms with van der Waals surface area (Å²) < 4.78 is 1.01. The fraction of sp³-hybridized carbons (Fsp3) is 0.214. The van der Waals surface area contributed by atoms with Gasteiger partial charge in [0, 0.05) is 29.1 Å². The molecule has 3 aromatic rings. The number of halogens is 1. The van der Waals surface area contributed by atoms with Crippen LogP contribution in [-0.2, 0) is 9.59 Å². The van der Waals surface area contributed by atoms with Gasteiger partial charge in [0.15, 0.2) is 5.78 Å². The maximum absolute atomic E-state index is 13.8. The zero-order chi connectivity index (χ0) is 23.1. The van der Waals surface area contributed by atoms with Gasteiger partial charge in [-0.3, -0.25) is 14.5 Å². The first-order valence-corrected chi connectivity index (χ1v) is 12.0. The minimum absolute atomic E-state index is 0.0796. The van der Waals surface area contributed by atoms with E-state index in [9.17, 15) is 9.59 Å². The van der Waals surface area contributed by atoms with Gasteiger partial charge in [0.05, 0.1) is 17.4 Å². The summed E-state index contributed by atoms with van der Waals surface area (Å²) in [6.45, 7) is 3.61. The largest absolute Gasteiger partial charge is 0.357 e. The van der Waals surface area contributed by atoms with E-state index in [-0.39, 0.29) is 17.6 Å². The average molecular weight is 501 g/mol. The lowest BCUT2D eigenvalue weighted by molar-refractivity contribution is -0.117. The number of benzene rings is 3. The van der Waals surface area contributed by atoms with Crippen molar-refractivity contribution in [3.05, 3.63) is 105 Å². The Balaban J connectivity index is 1.70. The standard InChI is InChI=1S/C28H25BrN2O2/c1-17-10-12-19(13-11-17)28-27-24(30-23-8-3-4-9-25(23)31(28)18(2)32)15-21(16-26(27)33)20-6-5-7-22(29)14-20/h3-14,21,28,30H,15-16H2,1-2H3/t21-,28+/m1/s1. The number of rotatable bonds is 2. The number of para-hydroxylation sites is 2. The number of ketones is 1. The zero-order valence-electron chi connectivity index (χ0n) is 18.6. The number of carbonyl (C=O) groups is 2. The molecule has 2 atom stereocenters. The summed E-state index contributed by atoms with van der Waals surface area (Å²) in [5.74, 6) is 0.0693. The fourth-order valence-electron chi connectivity index (χ4n) is 5.00. The van der Waals surface area contributed by atoms with Gasteiger partial charge in [0.25, 0.3) is 0 Å². The minimum Gasteiger partial charge on any atom is -0.357 e. The molecule has 1 aliphatic heterocycles. The third-order valence-corrected chi connectivity index (χ3v) is 7.03. The summed E-state index contributed by atoms with van der Waals surface area (Å²) in [5.41, 5.74) is 6.44. The molecule has 1 aliphatic carbocycles. The molecule has 33 heavy (non-hydrogen) atoms. The van der Waals surface area contributed by atoms with Gasteiger partial charge in [-0.05, 0) is 54.7 Å². The molecule has 0 saturated heterocycles. The number of allylic oxidation sites excluding steroid dienone is 1. The molecular weight excluding hydrogens is 476 g/mol. The number of carbonyl (C=O) groups excluding carboxylic acids is 2. The second kappa shape index (κ2) is 8.64. The molecule has 0 fully saturated rings. The van der Waals surface area contributed by atoms with Crippen molar-refractivity contribution in [2.75, 3.05) is 10.2 Å². The molecule has 1 N–H and O–H groups in total. The first-order valence-electron chi connectivity index (χ1n) is 11.2. The molecule has 0 saturated carbocycles. The molecule has 0 radical (unpaired) electrons. The van der Waals surface area contributed by atoms with Crippen molar-refractivity contribution in [3.8, 4) is 0 Å². The monoisotopic (exact) mass is 500 g/mol. The van der Waals surface area contributed by atoms with Crippen LogP contribution in [0.3, 0.4) is 0 Å². The molecule has 1 heterocycles. The van der Waals surface area contributed by atoms with Gasteiger partial charge in [0.2, 0.25) is 5.91 Å². The Bertz CT molecular complexity index is 1280. The Labute approximate surface area is 202 Å². The van der Waals surface area contributed by atoms with Gasteiger partial charge in [-0.2, -0.15) is 0 Å². The summed E-state index contributed by atoms with van der Waals surface area (Å²) in [4.78, 5) is 28.6. The van der Waals surface area contributed by atoms with Gasteiger partial charge in [-0.15, -0.1) is 0 Å². The zero-order valence-corrected chi connectivity index (χ0v) is 20.2. The van der Waals surface area contributed by atoms with Crippen molar-refractivity contribution in [1.82, 2.24) is 0 Å². The highest BCUT2D eigenvalue weighted by Gasteiger charge is 2.40. The van der Waals surface area contributed by atoms with E-state index in [0.29, 0.717) is 18.4 Å². The van der Waals surface area contributed by atoms with E-state index >= 15 is 0 Å². The fourth-order valence-corrected chi connectivity index (χ4v) is 5.42. The Morgan fingerprint density at radius 1 is 0.970 bits per heavy atom. The van der Waals surface area contributed by atoms with E-state index in [1.54, 1.807) is 11.8 Å². The van der Waals surface area contributed by atoms with Gasteiger partial charge in [0.1, 0.15) is 0 Å². The molecule has 0 unspecified atom stereocenters. The SMILES string of the molecule is CC(=O)N1c2ccccc2NC2=C(C(=O)C[C@H](c3cccc(Br)c3)C2)[C@@H]1c1ccc(C)cc1. The molecule has 5 heteroatoms. The van der Waals surface area contributed by atoms with Crippen LogP contribution in [0.4, 0.5) is 11.4 Å². The van der Waals surface area contributed by atoms with Crippen LogP contribution in [0.1, 0.15) is 48.4 Å². The van der Waals surface area contributed by atoms with Gasteiger partial charge >= 0.3 is 0 Å². The van der Waals surface area contributed by atoms with Crippen molar-refractivity contribution < 1.29 is 9.59 Å². The summed E-state index contributed by atoms with van der Waals surface area (Å²) in [6, 6.07) is 23.6. The second-order valence-electron chi connectivity index (χ2n) is 8.82. The van der Waals surface area contributed by atoms with Gasteiger partial charge in [-0.1, -0.05) is 70.0 Å². The topological polar surface area (TPSA) is 49.4 Å². The molecule has 0 aromatic heterocycles. The van der Waals surface area contributed by atoms with Crippen LogP contribution in [0.2, 0.25) is 0 Å². The lowest BCUT2D eigenvalue weighted by Crippen LogP contribution is -2.37. The smallest absolute Gasteiger partial charge is 0.224 e. The van der Waals surface area contributed by atoms with Gasteiger partial charge < -0.3 is 5.32 Å². The van der Waals surface area contributed by atoms with Crippen LogP contribution in [0.25, 0.3) is 0 Å². The molecule has 1 amide bonds. The van der Waals surface area contributed by atoms with Crippen molar-refractivity contribution in [2.24, 2.45) is 0 Å². The highest BCUT2D eigenvalue weighted by molar-refractivity contribution is 9.10. The highest BCUT2D eigenvalue weighted by Crippen LogP contribution is 2.47. The van der Waals surface area contributed by atoms with Gasteiger partial charge in [-0.25, -0.2) is 0 Å². The number of Topliss-reactive ketones (excluding diaryl/α,β-unsaturated/α-hetero) is 1. The first kappa shape index (κ1) is 21.7. The van der Waals surface area contributed by atoms with Crippen LogP contribution in [-0.4, -0.2) is 11.7 Å². The molecule has 166 valence electrons. The molecule has 5 rings (SSSR count). The summed E-state index contributed by atoms with van der Waals surface area (Å²) in [5, 5.41) is 3.56. The van der Waals surface area contributed by atoms with Crippen molar-refractivity contribution >= 4 is 39.0 Å². The molecular formula is C28H25BrN2O2. The predicted octanol–water partition coefficient (Wildman–Crippen LogP) is 6.68. The minimum atomic E-state index is -0.467. The molecule has 3 aromatic carbocycles. The van der Waals surface area contributed by atoms with Crippen molar-refractivity contribution in [2.45, 2.75) is 38.6 Å². The van der Waals surface area contributed by atoms with Crippen LogP contribution in [0, 0.1) is 6.92 Å². The van der Waals surface area contributed by atoms with E-state index in [0.717, 1.165) is 38.2 Å². The van der Waals surface area contributed by atoms with Crippen LogP contribution in [0.15, 0.2) is 88.5 Å². The predicted molar refractivity (Wildman–Crippen MR) is 135 cm³/mol. The highest BCUT2D eigenvalue weighted by atomic mass is 79.9. The molecule has 0 spiro atoms. The lowest BCUT2D eigenvalue weighted by atomic mass is 9.78.